The summed E-state index contributed by atoms with van der Waals surface area (Å²) in [6.45, 7) is 2.16. The second kappa shape index (κ2) is 10.1. The Balaban J connectivity index is 1.20. The van der Waals surface area contributed by atoms with Crippen molar-refractivity contribution in [2.75, 3.05) is 11.1 Å². The molecule has 13 nitrogen and oxygen atoms in total. The number of nitrogens with two attached hydrogens (primary N) is 1. The lowest BCUT2D eigenvalue weighted by Gasteiger charge is -2.15. The number of anilines is 2. The van der Waals surface area contributed by atoms with Crippen LogP contribution >= 0.6 is 22.9 Å². The molecule has 6 heterocycles. The van der Waals surface area contributed by atoms with E-state index in [1.807, 2.05) is 13.0 Å². The third kappa shape index (κ3) is 4.67. The van der Waals surface area contributed by atoms with Gasteiger partial charge in [-0.15, -0.1) is 11.3 Å². The Morgan fingerprint density at radius 2 is 2.10 bits per heavy atom. The summed E-state index contributed by atoms with van der Waals surface area (Å²) in [5.74, 6) is -0.801. The van der Waals surface area contributed by atoms with Crippen LogP contribution in [0.1, 0.15) is 46.7 Å². The molecule has 5 aromatic rings. The van der Waals surface area contributed by atoms with Gasteiger partial charge < -0.3 is 20.9 Å². The van der Waals surface area contributed by atoms with Gasteiger partial charge in [0.05, 0.1) is 17.8 Å². The number of nitrogens with one attached hydrogen (secondary N) is 2. The highest BCUT2D eigenvalue weighted by Gasteiger charge is 2.36. The zero-order chi connectivity index (χ0) is 28.0. The average Bonchev–Trinajstić information content (AvgIpc) is 3.66. The van der Waals surface area contributed by atoms with E-state index in [0.717, 1.165) is 15.0 Å². The normalized spacial score (nSPS) is 16.1. The number of carbonyl (C=O) groups is 2. The summed E-state index contributed by atoms with van der Waals surface area (Å²) in [6.07, 6.45) is 4.83. The van der Waals surface area contributed by atoms with Crippen LogP contribution in [0.25, 0.3) is 21.6 Å². The van der Waals surface area contributed by atoms with Crippen LogP contribution in [0.15, 0.2) is 52.2 Å². The summed E-state index contributed by atoms with van der Waals surface area (Å²) in [4.78, 5) is 56.9. The van der Waals surface area contributed by atoms with E-state index < -0.39 is 23.4 Å². The van der Waals surface area contributed by atoms with Crippen LogP contribution in [0.5, 0.6) is 0 Å². The van der Waals surface area contributed by atoms with Gasteiger partial charge in [0.1, 0.15) is 29.1 Å². The molecule has 0 aliphatic carbocycles. The van der Waals surface area contributed by atoms with Crippen molar-refractivity contribution >= 4 is 56.3 Å². The van der Waals surface area contributed by atoms with Crippen LogP contribution in [-0.4, -0.2) is 41.5 Å². The molecule has 0 fully saturated rings. The fourth-order valence-electron chi connectivity index (χ4n) is 4.52. The Morgan fingerprint density at radius 3 is 2.92 bits per heavy atom. The minimum absolute atomic E-state index is 0.0171. The quantitative estimate of drug-likeness (QED) is 0.271. The minimum Gasteiger partial charge on any atom is -0.384 e. The van der Waals surface area contributed by atoms with Crippen LogP contribution in [0, 0.1) is 0 Å². The third-order valence-electron chi connectivity index (χ3n) is 6.40. The molecule has 5 aromatic heterocycles. The smallest absolute Gasteiger partial charge is 0.316 e. The molecule has 4 N–H and O–H groups in total. The standard InChI is InChI=1S/C25H20ClN9O4S/c1-11-5-16(22(36)31-9-13-6-12-8-29-18(27)7-17(12)40-13)35-21(11)30-10-15(25(35)38)32-23(37)24-33-20(34-39-24)19-14(26)3-2-4-28-19/h2-4,6-8,10-11,16H,5,9H2,1H3,(H2,27,29)(H,31,36)(H,32,37)/t11-,16+/m1/s1. The molecular weight excluding hydrogens is 558 g/mol. The number of thiophene rings is 1. The highest BCUT2D eigenvalue weighted by Crippen LogP contribution is 2.34. The predicted molar refractivity (Wildman–Crippen MR) is 147 cm³/mol. The number of nitrogens with zero attached hydrogens (tertiary/aromatic N) is 6. The van der Waals surface area contributed by atoms with Gasteiger partial charge in [-0.1, -0.05) is 23.7 Å². The van der Waals surface area contributed by atoms with E-state index in [2.05, 4.69) is 35.7 Å². The maximum Gasteiger partial charge on any atom is 0.316 e. The Hall–Kier alpha value is -4.69. The Labute approximate surface area is 234 Å². The molecule has 0 unspecified atom stereocenters. The van der Waals surface area contributed by atoms with Crippen molar-refractivity contribution in [2.24, 2.45) is 0 Å². The van der Waals surface area contributed by atoms with Gasteiger partial charge in [-0.05, 0) is 30.7 Å². The first kappa shape index (κ1) is 25.6. The molecule has 2 atom stereocenters. The first-order valence-electron chi connectivity index (χ1n) is 12.1. The van der Waals surface area contributed by atoms with Crippen LogP contribution in [0.4, 0.5) is 11.5 Å². The van der Waals surface area contributed by atoms with Crippen LogP contribution < -0.4 is 21.9 Å². The molecule has 202 valence electrons. The lowest BCUT2D eigenvalue weighted by molar-refractivity contribution is -0.124. The molecule has 2 amide bonds. The molecule has 0 spiro atoms. The number of hydrogen-bond acceptors (Lipinski definition) is 11. The number of aromatic nitrogens is 6. The van der Waals surface area contributed by atoms with Crippen LogP contribution in [-0.2, 0) is 11.3 Å². The van der Waals surface area contributed by atoms with Gasteiger partial charge in [0.15, 0.2) is 0 Å². The summed E-state index contributed by atoms with van der Waals surface area (Å²) in [6, 6.07) is 6.16. The molecule has 15 heteroatoms. The Bertz CT molecular complexity index is 1850. The molecule has 1 aliphatic rings. The van der Waals surface area contributed by atoms with Gasteiger partial charge in [-0.3, -0.25) is 23.9 Å². The minimum atomic E-state index is -0.822. The van der Waals surface area contributed by atoms with E-state index in [4.69, 9.17) is 21.9 Å². The van der Waals surface area contributed by atoms with E-state index >= 15 is 0 Å². The Morgan fingerprint density at radius 1 is 1.25 bits per heavy atom. The number of hydrogen-bond donors (Lipinski definition) is 3. The maximum absolute atomic E-state index is 13.4. The summed E-state index contributed by atoms with van der Waals surface area (Å²) in [5.41, 5.74) is 5.30. The molecule has 0 aromatic carbocycles. The monoisotopic (exact) mass is 577 g/mol. The molecule has 0 saturated heterocycles. The SMILES string of the molecule is C[C@@H]1C[C@@H](C(=O)NCc2cc3cnc(N)cc3s2)n2c1ncc(NC(=O)c1nc(-c3ncccc3Cl)no1)c2=O. The first-order chi connectivity index (χ1) is 19.3. The molecule has 0 radical (unpaired) electrons. The first-order valence-corrected chi connectivity index (χ1v) is 13.3. The number of fused-ring (bicyclic) bond motifs is 2. The van der Waals surface area contributed by atoms with Crippen LogP contribution in [0.3, 0.4) is 0 Å². The Kier molecular flexibility index (Phi) is 6.48. The van der Waals surface area contributed by atoms with E-state index in [0.29, 0.717) is 18.1 Å². The molecule has 0 saturated carbocycles. The zero-order valence-corrected chi connectivity index (χ0v) is 22.4. The van der Waals surface area contributed by atoms with Crippen molar-refractivity contribution in [3.05, 3.63) is 74.8 Å². The summed E-state index contributed by atoms with van der Waals surface area (Å²) >= 11 is 7.61. The van der Waals surface area contributed by atoms with E-state index in [1.165, 1.54) is 28.3 Å². The predicted octanol–water partition coefficient (Wildman–Crippen LogP) is 3.15. The largest absolute Gasteiger partial charge is 0.384 e. The second-order valence-electron chi connectivity index (χ2n) is 9.15. The van der Waals surface area contributed by atoms with Crippen molar-refractivity contribution in [3.8, 4) is 11.5 Å². The lowest BCUT2D eigenvalue weighted by Crippen LogP contribution is -2.36. The number of rotatable bonds is 6. The fourth-order valence-corrected chi connectivity index (χ4v) is 5.75. The number of halogens is 1. The van der Waals surface area contributed by atoms with Gasteiger partial charge in [-0.2, -0.15) is 4.98 Å². The summed E-state index contributed by atoms with van der Waals surface area (Å²) in [5, 5.41) is 10.3. The van der Waals surface area contributed by atoms with Crippen molar-refractivity contribution < 1.29 is 14.1 Å². The topological polar surface area (TPSA) is 184 Å². The highest BCUT2D eigenvalue weighted by molar-refractivity contribution is 7.19. The molecular formula is C25H20ClN9O4S. The van der Waals surface area contributed by atoms with E-state index in [-0.39, 0.29) is 40.6 Å². The maximum atomic E-state index is 13.4. The zero-order valence-electron chi connectivity index (χ0n) is 20.8. The van der Waals surface area contributed by atoms with E-state index in [9.17, 15) is 14.4 Å². The number of carbonyl (C=O) groups excluding carboxylic acids is 2. The fraction of sp³-hybridized carbons (Fsp3) is 0.200. The van der Waals surface area contributed by atoms with Gasteiger partial charge >= 0.3 is 11.8 Å². The molecule has 0 bridgehead atoms. The van der Waals surface area contributed by atoms with Gasteiger partial charge in [0.2, 0.25) is 11.7 Å². The van der Waals surface area contributed by atoms with Crippen molar-refractivity contribution in [2.45, 2.75) is 31.8 Å². The van der Waals surface area contributed by atoms with Crippen molar-refractivity contribution in [1.82, 2.24) is 35.0 Å². The highest BCUT2D eigenvalue weighted by atomic mass is 35.5. The summed E-state index contributed by atoms with van der Waals surface area (Å²) < 4.78 is 7.33. The number of pyridine rings is 2. The van der Waals surface area contributed by atoms with E-state index in [1.54, 1.807) is 24.4 Å². The summed E-state index contributed by atoms with van der Waals surface area (Å²) in [7, 11) is 0. The molecule has 1 aliphatic heterocycles. The van der Waals surface area contributed by atoms with Crippen LogP contribution in [0.2, 0.25) is 5.02 Å². The van der Waals surface area contributed by atoms with Gasteiger partial charge in [0.25, 0.3) is 5.56 Å². The molecule has 6 rings (SSSR count). The number of amides is 2. The third-order valence-corrected chi connectivity index (χ3v) is 7.81. The number of nitrogen functional groups attached to an aromatic ring is 1. The van der Waals surface area contributed by atoms with Crippen molar-refractivity contribution in [1.29, 1.82) is 0 Å². The lowest BCUT2D eigenvalue weighted by atomic mass is 10.1. The second-order valence-corrected chi connectivity index (χ2v) is 10.7. The van der Waals surface area contributed by atoms with Gasteiger partial charge in [-0.25, -0.2) is 9.97 Å². The average molecular weight is 578 g/mol. The van der Waals surface area contributed by atoms with Crippen molar-refractivity contribution in [3.63, 3.8) is 0 Å². The van der Waals surface area contributed by atoms with Gasteiger partial charge in [0, 0.05) is 33.3 Å². The molecule has 40 heavy (non-hydrogen) atoms.